The molecule has 0 saturated carbocycles. The van der Waals surface area contributed by atoms with E-state index in [4.69, 9.17) is 4.74 Å². The van der Waals surface area contributed by atoms with Gasteiger partial charge in [0.05, 0.1) is 12.4 Å². The van der Waals surface area contributed by atoms with Crippen molar-refractivity contribution in [3.05, 3.63) is 58.6 Å². The smallest absolute Gasteiger partial charge is 0.175 e. The highest BCUT2D eigenvalue weighted by atomic mass is 79.9. The summed E-state index contributed by atoms with van der Waals surface area (Å²) in [6.45, 7) is 1.93. The van der Waals surface area contributed by atoms with Crippen LogP contribution in [0.4, 0.5) is 0 Å². The largest absolute Gasteiger partial charge is 0.497 e. The van der Waals surface area contributed by atoms with Crippen LogP contribution in [0.25, 0.3) is 0 Å². The number of ketones is 1. The third-order valence-corrected chi connectivity index (χ3v) is 5.02. The molecule has 0 aliphatic carbocycles. The van der Waals surface area contributed by atoms with Crippen LogP contribution in [0, 0.1) is 0 Å². The first-order valence-corrected chi connectivity index (χ1v) is 7.88. The fourth-order valence-corrected chi connectivity index (χ4v) is 3.30. The summed E-state index contributed by atoms with van der Waals surface area (Å²) in [7, 11) is 1.61. The van der Waals surface area contributed by atoms with Crippen LogP contribution in [0.5, 0.6) is 5.75 Å². The number of hydrogen-bond donors (Lipinski definition) is 0. The third-order valence-electron chi connectivity index (χ3n) is 2.88. The van der Waals surface area contributed by atoms with Gasteiger partial charge in [-0.2, -0.15) is 0 Å². The number of Topliss-reactive ketones (excluding diaryl/α,β-unsaturated/α-hetero) is 1. The molecule has 1 atom stereocenters. The van der Waals surface area contributed by atoms with Crippen molar-refractivity contribution in [2.45, 2.75) is 17.1 Å². The van der Waals surface area contributed by atoms with Gasteiger partial charge >= 0.3 is 0 Å². The average Bonchev–Trinajstić information content (AvgIpc) is 2.49. The van der Waals surface area contributed by atoms with Gasteiger partial charge in [0.15, 0.2) is 5.78 Å². The zero-order chi connectivity index (χ0) is 14.5. The van der Waals surface area contributed by atoms with Crippen molar-refractivity contribution in [1.82, 2.24) is 0 Å². The topological polar surface area (TPSA) is 26.3 Å². The van der Waals surface area contributed by atoms with Gasteiger partial charge < -0.3 is 4.74 Å². The highest BCUT2D eigenvalue weighted by molar-refractivity contribution is 9.10. The zero-order valence-corrected chi connectivity index (χ0v) is 13.7. The zero-order valence-electron chi connectivity index (χ0n) is 11.3. The van der Waals surface area contributed by atoms with Gasteiger partial charge in [-0.1, -0.05) is 12.1 Å². The monoisotopic (exact) mass is 350 g/mol. The van der Waals surface area contributed by atoms with E-state index < -0.39 is 0 Å². The molecule has 0 aliphatic rings. The fraction of sp³-hybridized carbons (Fsp3) is 0.188. The van der Waals surface area contributed by atoms with Gasteiger partial charge in [0, 0.05) is 14.9 Å². The lowest BCUT2D eigenvalue weighted by Gasteiger charge is -2.11. The van der Waals surface area contributed by atoms with Crippen LogP contribution in [0.2, 0.25) is 0 Å². The third kappa shape index (κ3) is 3.64. The molecule has 0 amide bonds. The Bertz CT molecular complexity index is 596. The summed E-state index contributed by atoms with van der Waals surface area (Å²) in [6.07, 6.45) is 0. The molecule has 0 aromatic heterocycles. The van der Waals surface area contributed by atoms with Crippen LogP contribution in [0.15, 0.2) is 57.9 Å². The summed E-state index contributed by atoms with van der Waals surface area (Å²) >= 11 is 5.06. The van der Waals surface area contributed by atoms with E-state index in [-0.39, 0.29) is 11.0 Å². The second kappa shape index (κ2) is 6.95. The maximum Gasteiger partial charge on any atom is 0.175 e. The van der Waals surface area contributed by atoms with Crippen molar-refractivity contribution in [2.75, 3.05) is 7.11 Å². The van der Waals surface area contributed by atoms with Crippen LogP contribution in [-0.4, -0.2) is 18.1 Å². The Kier molecular flexibility index (Phi) is 5.26. The van der Waals surface area contributed by atoms with E-state index >= 15 is 0 Å². The van der Waals surface area contributed by atoms with Gasteiger partial charge in [-0.15, -0.1) is 11.8 Å². The van der Waals surface area contributed by atoms with E-state index in [1.54, 1.807) is 31.0 Å². The van der Waals surface area contributed by atoms with Crippen molar-refractivity contribution >= 4 is 33.5 Å². The first-order valence-electron chi connectivity index (χ1n) is 6.21. The molecule has 4 heteroatoms. The molecule has 0 radical (unpaired) electrons. The van der Waals surface area contributed by atoms with Gasteiger partial charge in [0.25, 0.3) is 0 Å². The Balaban J connectivity index is 2.10. The normalized spacial score (nSPS) is 11.9. The molecule has 2 aromatic rings. The molecule has 2 aromatic carbocycles. The van der Waals surface area contributed by atoms with Crippen LogP contribution in [-0.2, 0) is 0 Å². The lowest BCUT2D eigenvalue weighted by atomic mass is 10.1. The summed E-state index contributed by atoms with van der Waals surface area (Å²) in [5.41, 5.74) is 0.706. The van der Waals surface area contributed by atoms with E-state index in [1.807, 2.05) is 43.3 Å². The Morgan fingerprint density at radius 3 is 2.40 bits per heavy atom. The Labute approximate surface area is 131 Å². The van der Waals surface area contributed by atoms with Gasteiger partial charge in [-0.25, -0.2) is 0 Å². The molecule has 0 N–H and O–H groups in total. The molecular formula is C16H15BrO2S. The number of thioether (sulfide) groups is 1. The van der Waals surface area contributed by atoms with Crippen molar-refractivity contribution in [2.24, 2.45) is 0 Å². The second-order valence-corrected chi connectivity index (χ2v) is 6.52. The van der Waals surface area contributed by atoms with E-state index in [1.165, 1.54) is 0 Å². The molecule has 20 heavy (non-hydrogen) atoms. The van der Waals surface area contributed by atoms with Crippen LogP contribution in [0.3, 0.4) is 0 Å². The predicted octanol–water partition coefficient (Wildman–Crippen LogP) is 4.82. The summed E-state index contributed by atoms with van der Waals surface area (Å²) in [5, 5.41) is -0.137. The van der Waals surface area contributed by atoms with Crippen LogP contribution >= 0.6 is 27.7 Å². The van der Waals surface area contributed by atoms with Gasteiger partial charge in [-0.05, 0) is 59.3 Å². The van der Waals surface area contributed by atoms with Gasteiger partial charge in [-0.3, -0.25) is 4.79 Å². The number of rotatable bonds is 5. The summed E-state index contributed by atoms with van der Waals surface area (Å²) in [5.74, 6) is 0.876. The van der Waals surface area contributed by atoms with Crippen LogP contribution in [0.1, 0.15) is 17.3 Å². The van der Waals surface area contributed by atoms with Crippen molar-refractivity contribution in [3.63, 3.8) is 0 Å². The Hall–Kier alpha value is -1.26. The Morgan fingerprint density at radius 1 is 1.15 bits per heavy atom. The minimum Gasteiger partial charge on any atom is -0.497 e. The summed E-state index contributed by atoms with van der Waals surface area (Å²) in [4.78, 5) is 13.5. The molecule has 2 nitrogen and oxygen atoms in total. The molecule has 0 saturated heterocycles. The van der Waals surface area contributed by atoms with Crippen molar-refractivity contribution in [3.8, 4) is 5.75 Å². The number of hydrogen-bond acceptors (Lipinski definition) is 3. The molecule has 1 unspecified atom stereocenters. The lowest BCUT2D eigenvalue weighted by molar-refractivity contribution is 0.0994. The predicted molar refractivity (Wildman–Crippen MR) is 86.8 cm³/mol. The number of carbonyl (C=O) groups excluding carboxylic acids is 1. The minimum absolute atomic E-state index is 0.119. The summed E-state index contributed by atoms with van der Waals surface area (Å²) < 4.78 is 6.11. The molecular weight excluding hydrogens is 336 g/mol. The quantitative estimate of drug-likeness (QED) is 0.571. The van der Waals surface area contributed by atoms with Gasteiger partial charge in [0.2, 0.25) is 0 Å². The van der Waals surface area contributed by atoms with E-state index in [0.717, 1.165) is 15.1 Å². The van der Waals surface area contributed by atoms with Crippen molar-refractivity contribution < 1.29 is 9.53 Å². The first-order chi connectivity index (χ1) is 9.61. The number of methoxy groups -OCH3 is 1. The second-order valence-electron chi connectivity index (χ2n) is 4.28. The van der Waals surface area contributed by atoms with Crippen molar-refractivity contribution in [1.29, 1.82) is 0 Å². The average molecular weight is 351 g/mol. The SMILES string of the molecule is COc1ccc(C(=O)C(C)Sc2ccccc2Br)cc1. The molecule has 0 fully saturated rings. The standard InChI is InChI=1S/C16H15BrO2S/c1-11(20-15-6-4-3-5-14(15)17)16(18)12-7-9-13(19-2)10-8-12/h3-11H,1-2H3. The highest BCUT2D eigenvalue weighted by Gasteiger charge is 2.17. The molecule has 0 bridgehead atoms. The molecule has 0 spiro atoms. The summed E-state index contributed by atoms with van der Waals surface area (Å²) in [6, 6.07) is 15.1. The van der Waals surface area contributed by atoms with Gasteiger partial charge in [0.1, 0.15) is 5.75 Å². The van der Waals surface area contributed by atoms with E-state index in [0.29, 0.717) is 5.56 Å². The fourth-order valence-electron chi connectivity index (χ4n) is 1.77. The molecule has 2 rings (SSSR count). The molecule has 104 valence electrons. The lowest BCUT2D eigenvalue weighted by Crippen LogP contribution is -2.13. The number of halogens is 1. The van der Waals surface area contributed by atoms with E-state index in [9.17, 15) is 4.79 Å². The molecule has 0 heterocycles. The number of benzene rings is 2. The number of carbonyl (C=O) groups is 1. The number of ether oxygens (including phenoxy) is 1. The first kappa shape index (κ1) is 15.1. The minimum atomic E-state index is -0.137. The molecule has 0 aliphatic heterocycles. The maximum atomic E-state index is 12.4. The maximum absolute atomic E-state index is 12.4. The highest BCUT2D eigenvalue weighted by Crippen LogP contribution is 2.31. The van der Waals surface area contributed by atoms with Crippen LogP contribution < -0.4 is 4.74 Å². The Morgan fingerprint density at radius 2 is 1.80 bits per heavy atom. The van der Waals surface area contributed by atoms with E-state index in [2.05, 4.69) is 15.9 Å².